The van der Waals surface area contributed by atoms with E-state index in [9.17, 15) is 0 Å². The van der Waals surface area contributed by atoms with Crippen LogP contribution < -0.4 is 5.73 Å². The van der Waals surface area contributed by atoms with Crippen LogP contribution in [0.3, 0.4) is 0 Å². The summed E-state index contributed by atoms with van der Waals surface area (Å²) in [5.74, 6) is 0.641. The normalized spacial score (nSPS) is 21.9. The molecule has 0 aromatic heterocycles. The maximum absolute atomic E-state index is 5.68. The Bertz CT molecular complexity index is 173. The summed E-state index contributed by atoms with van der Waals surface area (Å²) in [6.45, 7) is 12.8. The van der Waals surface area contributed by atoms with Crippen molar-refractivity contribution in [2.45, 2.75) is 33.1 Å². The predicted molar refractivity (Wildman–Crippen MR) is 70.6 cm³/mol. The van der Waals surface area contributed by atoms with Gasteiger partial charge in [-0.1, -0.05) is 20.3 Å². The number of unbranched alkanes of at least 4 members (excludes halogenated alkanes) is 1. The fourth-order valence-corrected chi connectivity index (χ4v) is 2.33. The van der Waals surface area contributed by atoms with Crippen molar-refractivity contribution in [2.24, 2.45) is 11.7 Å². The van der Waals surface area contributed by atoms with Gasteiger partial charge in [-0.2, -0.15) is 0 Å². The van der Waals surface area contributed by atoms with Gasteiger partial charge >= 0.3 is 0 Å². The lowest BCUT2D eigenvalue weighted by molar-refractivity contribution is 0.233. The van der Waals surface area contributed by atoms with Gasteiger partial charge in [0, 0.05) is 19.6 Å². The van der Waals surface area contributed by atoms with Gasteiger partial charge in [-0.3, -0.25) is 0 Å². The van der Waals surface area contributed by atoms with E-state index < -0.39 is 0 Å². The smallest absolute Gasteiger partial charge is 0.0109 e. The second-order valence-electron chi connectivity index (χ2n) is 5.19. The van der Waals surface area contributed by atoms with E-state index in [0.717, 1.165) is 6.54 Å². The van der Waals surface area contributed by atoms with Gasteiger partial charge in [-0.25, -0.2) is 0 Å². The molecule has 0 saturated carbocycles. The van der Waals surface area contributed by atoms with Crippen molar-refractivity contribution < 1.29 is 0 Å². The van der Waals surface area contributed by atoms with Crippen LogP contribution in [0, 0.1) is 5.92 Å². The zero-order valence-electron chi connectivity index (χ0n) is 11.1. The summed E-state index contributed by atoms with van der Waals surface area (Å²) in [5.41, 5.74) is 5.68. The van der Waals surface area contributed by atoms with Gasteiger partial charge in [-0.15, -0.1) is 0 Å². The standard InChI is InChI=1S/C13H29N3/c1-3-4-6-15-7-5-8-16(10-9-15)12-13(2)11-14/h13H,3-12,14H2,1-2H3. The number of hydrogen-bond acceptors (Lipinski definition) is 3. The molecule has 1 saturated heterocycles. The van der Waals surface area contributed by atoms with Gasteiger partial charge in [0.15, 0.2) is 0 Å². The first-order valence-electron chi connectivity index (χ1n) is 6.91. The van der Waals surface area contributed by atoms with Crippen molar-refractivity contribution >= 4 is 0 Å². The molecule has 0 aromatic rings. The lowest BCUT2D eigenvalue weighted by Crippen LogP contribution is -2.35. The molecule has 3 nitrogen and oxygen atoms in total. The second kappa shape index (κ2) is 8.04. The third-order valence-electron chi connectivity index (χ3n) is 3.48. The maximum Gasteiger partial charge on any atom is 0.0109 e. The van der Waals surface area contributed by atoms with Gasteiger partial charge in [0.05, 0.1) is 0 Å². The molecular formula is C13H29N3. The molecule has 3 heteroatoms. The number of nitrogens with zero attached hydrogens (tertiary/aromatic N) is 2. The van der Waals surface area contributed by atoms with E-state index in [1.54, 1.807) is 0 Å². The monoisotopic (exact) mass is 227 g/mol. The fourth-order valence-electron chi connectivity index (χ4n) is 2.33. The van der Waals surface area contributed by atoms with Crippen LogP contribution in [-0.4, -0.2) is 55.6 Å². The summed E-state index contributed by atoms with van der Waals surface area (Å²) in [4.78, 5) is 5.21. The highest BCUT2D eigenvalue weighted by Gasteiger charge is 2.15. The zero-order valence-corrected chi connectivity index (χ0v) is 11.1. The van der Waals surface area contributed by atoms with Gasteiger partial charge in [-0.05, 0) is 44.9 Å². The molecule has 0 amide bonds. The Morgan fingerprint density at radius 1 is 1.12 bits per heavy atom. The van der Waals surface area contributed by atoms with Crippen LogP contribution in [0.15, 0.2) is 0 Å². The first-order valence-corrected chi connectivity index (χ1v) is 6.91. The Kier molecular flexibility index (Phi) is 7.01. The Morgan fingerprint density at radius 2 is 1.81 bits per heavy atom. The first kappa shape index (κ1) is 13.9. The Morgan fingerprint density at radius 3 is 2.50 bits per heavy atom. The Labute approximate surface area is 101 Å². The van der Waals surface area contributed by atoms with Gasteiger partial charge in [0.1, 0.15) is 0 Å². The van der Waals surface area contributed by atoms with Crippen molar-refractivity contribution in [3.63, 3.8) is 0 Å². The molecule has 0 aromatic carbocycles. The molecule has 1 atom stereocenters. The molecule has 1 fully saturated rings. The van der Waals surface area contributed by atoms with E-state index in [1.807, 2.05) is 0 Å². The molecule has 0 spiro atoms. The third-order valence-corrected chi connectivity index (χ3v) is 3.48. The molecule has 96 valence electrons. The number of hydrogen-bond donors (Lipinski definition) is 1. The quantitative estimate of drug-likeness (QED) is 0.744. The largest absolute Gasteiger partial charge is 0.330 e. The van der Waals surface area contributed by atoms with Crippen LogP contribution in [-0.2, 0) is 0 Å². The molecule has 1 rings (SSSR count). The predicted octanol–water partition coefficient (Wildman–Crippen LogP) is 1.39. The van der Waals surface area contributed by atoms with Crippen molar-refractivity contribution in [1.29, 1.82) is 0 Å². The molecule has 1 heterocycles. The molecule has 2 N–H and O–H groups in total. The van der Waals surface area contributed by atoms with Crippen molar-refractivity contribution in [1.82, 2.24) is 9.80 Å². The molecule has 1 unspecified atom stereocenters. The average molecular weight is 227 g/mol. The summed E-state index contributed by atoms with van der Waals surface area (Å²) in [5, 5.41) is 0. The van der Waals surface area contributed by atoms with E-state index in [1.165, 1.54) is 58.5 Å². The van der Waals surface area contributed by atoms with E-state index in [2.05, 4.69) is 23.6 Å². The average Bonchev–Trinajstić information content (AvgIpc) is 2.52. The van der Waals surface area contributed by atoms with Crippen LogP contribution >= 0.6 is 0 Å². The van der Waals surface area contributed by atoms with Crippen LogP contribution in [0.1, 0.15) is 33.1 Å². The van der Waals surface area contributed by atoms with Crippen molar-refractivity contribution in [2.75, 3.05) is 45.8 Å². The van der Waals surface area contributed by atoms with Crippen molar-refractivity contribution in [3.8, 4) is 0 Å². The summed E-state index contributed by atoms with van der Waals surface area (Å²) in [6.07, 6.45) is 3.98. The molecule has 1 aliphatic rings. The molecular weight excluding hydrogens is 198 g/mol. The highest BCUT2D eigenvalue weighted by atomic mass is 15.2. The second-order valence-corrected chi connectivity index (χ2v) is 5.19. The van der Waals surface area contributed by atoms with Gasteiger partial charge in [0.2, 0.25) is 0 Å². The molecule has 0 bridgehead atoms. The third kappa shape index (κ3) is 5.28. The zero-order chi connectivity index (χ0) is 11.8. The summed E-state index contributed by atoms with van der Waals surface area (Å²) in [7, 11) is 0. The van der Waals surface area contributed by atoms with Gasteiger partial charge in [0.25, 0.3) is 0 Å². The van der Waals surface area contributed by atoms with E-state index in [0.29, 0.717) is 5.92 Å². The Balaban J connectivity index is 2.23. The number of nitrogens with two attached hydrogens (primary N) is 1. The Hall–Kier alpha value is -0.120. The minimum absolute atomic E-state index is 0.641. The molecule has 16 heavy (non-hydrogen) atoms. The van der Waals surface area contributed by atoms with E-state index >= 15 is 0 Å². The summed E-state index contributed by atoms with van der Waals surface area (Å²) in [6, 6.07) is 0. The highest BCUT2D eigenvalue weighted by Crippen LogP contribution is 2.06. The van der Waals surface area contributed by atoms with Crippen LogP contribution in [0.25, 0.3) is 0 Å². The topological polar surface area (TPSA) is 32.5 Å². The summed E-state index contributed by atoms with van der Waals surface area (Å²) < 4.78 is 0. The van der Waals surface area contributed by atoms with E-state index in [-0.39, 0.29) is 0 Å². The number of rotatable bonds is 6. The molecule has 0 aliphatic carbocycles. The molecule has 1 aliphatic heterocycles. The van der Waals surface area contributed by atoms with Gasteiger partial charge < -0.3 is 15.5 Å². The highest BCUT2D eigenvalue weighted by molar-refractivity contribution is 4.71. The summed E-state index contributed by atoms with van der Waals surface area (Å²) >= 11 is 0. The van der Waals surface area contributed by atoms with Crippen molar-refractivity contribution in [3.05, 3.63) is 0 Å². The maximum atomic E-state index is 5.68. The van der Waals surface area contributed by atoms with Crippen LogP contribution in [0.5, 0.6) is 0 Å². The lowest BCUT2D eigenvalue weighted by Gasteiger charge is -2.23. The first-order chi connectivity index (χ1) is 7.76. The fraction of sp³-hybridized carbons (Fsp3) is 1.00. The minimum atomic E-state index is 0.641. The van der Waals surface area contributed by atoms with E-state index in [4.69, 9.17) is 5.73 Å². The minimum Gasteiger partial charge on any atom is -0.330 e. The lowest BCUT2D eigenvalue weighted by atomic mass is 10.1. The van der Waals surface area contributed by atoms with Crippen LogP contribution in [0.2, 0.25) is 0 Å². The SMILES string of the molecule is CCCCN1CCCN(CC(C)CN)CC1. The van der Waals surface area contributed by atoms with Crippen LogP contribution in [0.4, 0.5) is 0 Å². The molecule has 0 radical (unpaired) electrons.